The summed E-state index contributed by atoms with van der Waals surface area (Å²) in [7, 11) is 0. The summed E-state index contributed by atoms with van der Waals surface area (Å²) in [6, 6.07) is 48.6. The Bertz CT molecular complexity index is 2210. The van der Waals surface area contributed by atoms with Crippen LogP contribution in [0.15, 0.2) is 140 Å². The molecule has 5 nitrogen and oxygen atoms in total. The first kappa shape index (κ1) is 28.9. The first-order valence-corrected chi connectivity index (χ1v) is 16.6. The normalized spacial score (nSPS) is 12.9. The van der Waals surface area contributed by atoms with Crippen molar-refractivity contribution < 1.29 is 0 Å². The van der Waals surface area contributed by atoms with Crippen LogP contribution < -0.4 is 14.7 Å². The summed E-state index contributed by atoms with van der Waals surface area (Å²) in [5.41, 5.74) is 10.6. The van der Waals surface area contributed by atoms with Gasteiger partial charge >= 0.3 is 0 Å². The Morgan fingerprint density at radius 2 is 1.30 bits per heavy atom. The standard InChI is InChI=1S/C42H39N5/c1-29(2)31-23-24-43-42(25-31)47-38-18-9-8-17-36(38)37-22-21-35(27-41(37)47)46(32-13-6-5-7-14-32)34-16-12-15-33(26-34)45-28-44(30(3)4)39-19-10-11-20-40(39)45/h5-27,29-30H,28H2,1-4H3. The van der Waals surface area contributed by atoms with E-state index in [1.54, 1.807) is 0 Å². The fourth-order valence-electron chi connectivity index (χ4n) is 6.99. The number of fused-ring (bicyclic) bond motifs is 4. The largest absolute Gasteiger partial charge is 0.349 e. The van der Waals surface area contributed by atoms with Gasteiger partial charge in [-0.25, -0.2) is 4.98 Å². The Kier molecular flexibility index (Phi) is 7.17. The zero-order valence-corrected chi connectivity index (χ0v) is 27.4. The number of benzene rings is 5. The van der Waals surface area contributed by atoms with Gasteiger partial charge in [-0.2, -0.15) is 0 Å². The van der Waals surface area contributed by atoms with Crippen LogP contribution in [0.2, 0.25) is 0 Å². The lowest BCUT2D eigenvalue weighted by Crippen LogP contribution is -2.33. The number of hydrogen-bond donors (Lipinski definition) is 0. The molecule has 0 bridgehead atoms. The topological polar surface area (TPSA) is 27.5 Å². The molecule has 5 heteroatoms. The van der Waals surface area contributed by atoms with Crippen LogP contribution in [-0.2, 0) is 0 Å². The number of rotatable bonds is 7. The van der Waals surface area contributed by atoms with Gasteiger partial charge in [0.05, 0.1) is 29.1 Å². The van der Waals surface area contributed by atoms with E-state index in [2.05, 4.69) is 180 Å². The number of pyridine rings is 1. The molecule has 0 fully saturated rings. The van der Waals surface area contributed by atoms with Gasteiger partial charge in [-0.3, -0.25) is 4.57 Å². The minimum atomic E-state index is 0.402. The van der Waals surface area contributed by atoms with Crippen LogP contribution in [-0.4, -0.2) is 22.3 Å². The summed E-state index contributed by atoms with van der Waals surface area (Å²) < 4.78 is 2.32. The van der Waals surface area contributed by atoms with Crippen LogP contribution in [0.3, 0.4) is 0 Å². The zero-order valence-electron chi connectivity index (χ0n) is 27.4. The van der Waals surface area contributed by atoms with Crippen molar-refractivity contribution in [2.24, 2.45) is 0 Å². The Hall–Kier alpha value is -5.55. The van der Waals surface area contributed by atoms with Crippen LogP contribution in [0.4, 0.5) is 34.1 Å². The van der Waals surface area contributed by atoms with Crippen LogP contribution >= 0.6 is 0 Å². The molecule has 0 unspecified atom stereocenters. The van der Waals surface area contributed by atoms with Gasteiger partial charge in [-0.15, -0.1) is 0 Å². The second kappa shape index (κ2) is 11.7. The second-order valence-corrected chi connectivity index (χ2v) is 13.0. The van der Waals surface area contributed by atoms with Gasteiger partial charge in [-0.05, 0) is 98.1 Å². The molecular formula is C42H39N5. The lowest BCUT2D eigenvalue weighted by Gasteiger charge is -2.28. The number of para-hydroxylation sites is 4. The lowest BCUT2D eigenvalue weighted by molar-refractivity contribution is 0.709. The van der Waals surface area contributed by atoms with E-state index >= 15 is 0 Å². The van der Waals surface area contributed by atoms with E-state index in [0.29, 0.717) is 12.0 Å². The molecule has 232 valence electrons. The molecule has 1 aliphatic heterocycles. The van der Waals surface area contributed by atoms with E-state index in [1.165, 1.54) is 33.4 Å². The number of aromatic nitrogens is 2. The Morgan fingerprint density at radius 1 is 0.596 bits per heavy atom. The number of anilines is 6. The zero-order chi connectivity index (χ0) is 32.1. The molecule has 7 aromatic rings. The van der Waals surface area contributed by atoms with Gasteiger partial charge in [0, 0.05) is 45.8 Å². The van der Waals surface area contributed by atoms with E-state index < -0.39 is 0 Å². The summed E-state index contributed by atoms with van der Waals surface area (Å²) in [6.45, 7) is 9.81. The molecular weight excluding hydrogens is 574 g/mol. The van der Waals surface area contributed by atoms with Gasteiger partial charge in [0.15, 0.2) is 0 Å². The number of nitrogens with zero attached hydrogens (tertiary/aromatic N) is 5. The minimum Gasteiger partial charge on any atom is -0.349 e. The maximum atomic E-state index is 4.89. The molecule has 5 aromatic carbocycles. The Balaban J connectivity index is 1.30. The lowest BCUT2D eigenvalue weighted by atomic mass is 10.1. The second-order valence-electron chi connectivity index (χ2n) is 13.0. The molecule has 0 saturated heterocycles. The van der Waals surface area contributed by atoms with E-state index in [0.717, 1.165) is 40.6 Å². The highest BCUT2D eigenvalue weighted by molar-refractivity contribution is 6.10. The summed E-state index contributed by atoms with van der Waals surface area (Å²) in [4.78, 5) is 12.1. The molecule has 0 aliphatic carbocycles. The van der Waals surface area contributed by atoms with Crippen LogP contribution in [0.5, 0.6) is 0 Å². The average Bonchev–Trinajstić information content (AvgIpc) is 3.66. The highest BCUT2D eigenvalue weighted by Crippen LogP contribution is 2.44. The van der Waals surface area contributed by atoms with E-state index in [-0.39, 0.29) is 0 Å². The van der Waals surface area contributed by atoms with Gasteiger partial charge in [-0.1, -0.05) is 74.5 Å². The SMILES string of the molecule is CC(C)c1ccnc(-n2c3ccccc3c3ccc(N(c4ccccc4)c4cccc(N5CN(C(C)C)c6ccccc65)c4)cc32)c1. The van der Waals surface area contributed by atoms with Gasteiger partial charge in [0.1, 0.15) is 5.82 Å². The highest BCUT2D eigenvalue weighted by atomic mass is 15.4. The molecule has 2 aromatic heterocycles. The summed E-state index contributed by atoms with van der Waals surface area (Å²) in [5.74, 6) is 1.35. The van der Waals surface area contributed by atoms with Crippen molar-refractivity contribution in [2.75, 3.05) is 21.4 Å². The third-order valence-electron chi connectivity index (χ3n) is 9.39. The van der Waals surface area contributed by atoms with Crippen molar-refractivity contribution in [1.29, 1.82) is 0 Å². The average molecular weight is 614 g/mol. The monoisotopic (exact) mass is 613 g/mol. The van der Waals surface area contributed by atoms with Crippen molar-refractivity contribution in [2.45, 2.75) is 39.7 Å². The van der Waals surface area contributed by atoms with E-state index in [9.17, 15) is 0 Å². The van der Waals surface area contributed by atoms with Crippen molar-refractivity contribution >= 4 is 55.9 Å². The predicted molar refractivity (Wildman–Crippen MR) is 198 cm³/mol. The first-order valence-electron chi connectivity index (χ1n) is 16.6. The molecule has 0 N–H and O–H groups in total. The van der Waals surface area contributed by atoms with E-state index in [4.69, 9.17) is 4.98 Å². The van der Waals surface area contributed by atoms with Gasteiger partial charge in [0.2, 0.25) is 0 Å². The van der Waals surface area contributed by atoms with Gasteiger partial charge < -0.3 is 14.7 Å². The van der Waals surface area contributed by atoms with Crippen molar-refractivity contribution in [3.05, 3.63) is 145 Å². The molecule has 0 radical (unpaired) electrons. The van der Waals surface area contributed by atoms with Crippen molar-refractivity contribution in [3.8, 4) is 5.82 Å². The molecule has 1 aliphatic rings. The highest BCUT2D eigenvalue weighted by Gasteiger charge is 2.28. The summed E-state index contributed by atoms with van der Waals surface area (Å²) in [6.07, 6.45) is 1.94. The van der Waals surface area contributed by atoms with Crippen molar-refractivity contribution in [1.82, 2.24) is 9.55 Å². The molecule has 0 saturated carbocycles. The quantitative estimate of drug-likeness (QED) is 0.179. The predicted octanol–water partition coefficient (Wildman–Crippen LogP) is 11.1. The van der Waals surface area contributed by atoms with Crippen LogP contribution in [0, 0.1) is 0 Å². The molecule has 0 atom stereocenters. The van der Waals surface area contributed by atoms with Crippen LogP contribution in [0.1, 0.15) is 39.2 Å². The fourth-order valence-corrected chi connectivity index (χ4v) is 6.99. The third-order valence-corrected chi connectivity index (χ3v) is 9.39. The van der Waals surface area contributed by atoms with Crippen LogP contribution in [0.25, 0.3) is 27.6 Å². The molecule has 8 rings (SSSR count). The Morgan fingerprint density at radius 3 is 2.11 bits per heavy atom. The minimum absolute atomic E-state index is 0.402. The smallest absolute Gasteiger partial charge is 0.137 e. The maximum Gasteiger partial charge on any atom is 0.137 e. The maximum absolute atomic E-state index is 4.89. The number of hydrogen-bond acceptors (Lipinski definition) is 4. The first-order chi connectivity index (χ1) is 23.0. The van der Waals surface area contributed by atoms with Crippen molar-refractivity contribution in [3.63, 3.8) is 0 Å². The summed E-state index contributed by atoms with van der Waals surface area (Å²) >= 11 is 0. The van der Waals surface area contributed by atoms with E-state index in [1.807, 2.05) is 6.20 Å². The molecule has 0 amide bonds. The molecule has 47 heavy (non-hydrogen) atoms. The third kappa shape index (κ3) is 4.99. The van der Waals surface area contributed by atoms with Gasteiger partial charge in [0.25, 0.3) is 0 Å². The summed E-state index contributed by atoms with van der Waals surface area (Å²) in [5, 5.41) is 2.44. The fraction of sp³-hybridized carbons (Fsp3) is 0.167. The molecule has 0 spiro atoms. The Labute approximate surface area is 276 Å². The molecule has 3 heterocycles.